The molecule has 0 aromatic carbocycles. The van der Waals surface area contributed by atoms with E-state index in [-0.39, 0.29) is 0 Å². The van der Waals surface area contributed by atoms with E-state index in [0.29, 0.717) is 17.4 Å². The first kappa shape index (κ1) is 12.6. The van der Waals surface area contributed by atoms with Crippen LogP contribution in [-0.2, 0) is 0 Å². The fourth-order valence-corrected chi connectivity index (χ4v) is 2.15. The zero-order chi connectivity index (χ0) is 11.4. The average Bonchev–Trinajstić information content (AvgIpc) is 2.14. The second kappa shape index (κ2) is 5.61. The highest BCUT2D eigenvalue weighted by molar-refractivity contribution is 9.11. The Morgan fingerprint density at radius 1 is 1.53 bits per heavy atom. The van der Waals surface area contributed by atoms with Crippen LogP contribution >= 0.6 is 31.9 Å². The van der Waals surface area contributed by atoms with Crippen molar-refractivity contribution in [1.29, 1.82) is 0 Å². The van der Waals surface area contributed by atoms with Crippen LogP contribution in [0.2, 0.25) is 0 Å². The molecular weight excluding hydrogens is 322 g/mol. The van der Waals surface area contributed by atoms with Gasteiger partial charge in [-0.2, -0.15) is 0 Å². The Morgan fingerprint density at radius 2 is 2.20 bits per heavy atom. The molecule has 0 saturated carbocycles. The van der Waals surface area contributed by atoms with Crippen LogP contribution in [0.25, 0.3) is 0 Å². The number of pyridine rings is 1. The summed E-state index contributed by atoms with van der Waals surface area (Å²) in [4.78, 5) is 8.48. The van der Waals surface area contributed by atoms with E-state index in [2.05, 4.69) is 55.7 Å². The van der Waals surface area contributed by atoms with Gasteiger partial charge in [0.15, 0.2) is 0 Å². The molecule has 0 amide bonds. The highest BCUT2D eigenvalue weighted by Gasteiger charge is 2.06. The van der Waals surface area contributed by atoms with Crippen LogP contribution < -0.4 is 5.73 Å². The minimum Gasteiger partial charge on any atom is -0.382 e. The fraction of sp³-hybridized carbons (Fsp3) is 0.400. The number of rotatable bonds is 3. The quantitative estimate of drug-likeness (QED) is 0.682. The van der Waals surface area contributed by atoms with Gasteiger partial charge in [-0.15, -0.1) is 0 Å². The van der Waals surface area contributed by atoms with Crippen molar-refractivity contribution in [3.05, 3.63) is 26.9 Å². The fourth-order valence-electron chi connectivity index (χ4n) is 0.959. The highest BCUT2D eigenvalue weighted by Crippen LogP contribution is 2.19. The van der Waals surface area contributed by atoms with Gasteiger partial charge in [0.05, 0.1) is 0 Å². The van der Waals surface area contributed by atoms with Gasteiger partial charge < -0.3 is 5.73 Å². The van der Waals surface area contributed by atoms with Gasteiger partial charge in [0.2, 0.25) is 0 Å². The number of nitrogens with zero attached hydrogens (tertiary/aromatic N) is 2. The van der Waals surface area contributed by atoms with Crippen LogP contribution in [0.4, 0.5) is 0 Å². The summed E-state index contributed by atoms with van der Waals surface area (Å²) in [5, 5.41) is 0. The Morgan fingerprint density at radius 3 is 2.73 bits per heavy atom. The van der Waals surface area contributed by atoms with E-state index in [9.17, 15) is 0 Å². The number of halogens is 2. The number of hydrogen-bond acceptors (Lipinski definition) is 2. The smallest absolute Gasteiger partial charge is 0.145 e. The van der Waals surface area contributed by atoms with E-state index in [4.69, 9.17) is 5.73 Å². The molecule has 0 aliphatic heterocycles. The van der Waals surface area contributed by atoms with Gasteiger partial charge in [0, 0.05) is 21.7 Å². The average molecular weight is 335 g/mol. The minimum atomic E-state index is 0.475. The van der Waals surface area contributed by atoms with Gasteiger partial charge in [-0.1, -0.05) is 13.8 Å². The third-order valence-corrected chi connectivity index (χ3v) is 2.72. The molecule has 0 radical (unpaired) electrons. The maximum absolute atomic E-state index is 5.84. The van der Waals surface area contributed by atoms with E-state index in [0.717, 1.165) is 15.5 Å². The lowest BCUT2D eigenvalue weighted by atomic mass is 10.2. The van der Waals surface area contributed by atoms with Gasteiger partial charge in [-0.3, -0.25) is 9.98 Å². The largest absolute Gasteiger partial charge is 0.382 e. The van der Waals surface area contributed by atoms with E-state index < -0.39 is 0 Å². The molecule has 82 valence electrons. The van der Waals surface area contributed by atoms with Crippen molar-refractivity contribution >= 4 is 37.7 Å². The van der Waals surface area contributed by atoms with Crippen LogP contribution in [0.1, 0.15) is 19.5 Å². The topological polar surface area (TPSA) is 51.3 Å². The molecule has 0 aliphatic carbocycles. The Labute approximate surface area is 106 Å². The summed E-state index contributed by atoms with van der Waals surface area (Å²) in [5.41, 5.74) is 6.53. The summed E-state index contributed by atoms with van der Waals surface area (Å²) < 4.78 is 1.76. The van der Waals surface area contributed by atoms with Crippen molar-refractivity contribution in [2.24, 2.45) is 16.6 Å². The molecule has 0 fully saturated rings. The van der Waals surface area contributed by atoms with E-state index >= 15 is 0 Å². The monoisotopic (exact) mass is 333 g/mol. The Bertz CT molecular complexity index is 375. The molecule has 1 aromatic rings. The molecular formula is C10H13Br2N3. The van der Waals surface area contributed by atoms with Gasteiger partial charge in [-0.05, 0) is 43.8 Å². The minimum absolute atomic E-state index is 0.475. The molecule has 0 bridgehead atoms. The summed E-state index contributed by atoms with van der Waals surface area (Å²) in [7, 11) is 0. The van der Waals surface area contributed by atoms with Crippen molar-refractivity contribution in [2.45, 2.75) is 13.8 Å². The molecule has 2 N–H and O–H groups in total. The van der Waals surface area contributed by atoms with Crippen molar-refractivity contribution in [3.8, 4) is 0 Å². The lowest BCUT2D eigenvalue weighted by Crippen LogP contribution is -2.17. The molecule has 0 spiro atoms. The molecule has 1 heterocycles. The SMILES string of the molecule is CC(C)CN=C(N)c1ncc(Br)cc1Br. The summed E-state index contributed by atoms with van der Waals surface area (Å²) >= 11 is 6.74. The predicted molar refractivity (Wildman–Crippen MR) is 70.1 cm³/mol. The third kappa shape index (κ3) is 3.91. The molecule has 1 rings (SSSR count). The first-order chi connectivity index (χ1) is 7.00. The first-order valence-electron chi connectivity index (χ1n) is 4.62. The Balaban J connectivity index is 2.91. The Hall–Kier alpha value is -0.420. The molecule has 15 heavy (non-hydrogen) atoms. The van der Waals surface area contributed by atoms with Crippen LogP contribution in [0, 0.1) is 5.92 Å². The van der Waals surface area contributed by atoms with Crippen molar-refractivity contribution in [2.75, 3.05) is 6.54 Å². The second-order valence-electron chi connectivity index (χ2n) is 3.60. The zero-order valence-corrected chi connectivity index (χ0v) is 11.8. The predicted octanol–water partition coefficient (Wildman–Crippen LogP) is 2.97. The van der Waals surface area contributed by atoms with Crippen molar-refractivity contribution in [1.82, 2.24) is 4.98 Å². The molecule has 0 atom stereocenters. The number of aromatic nitrogens is 1. The number of hydrogen-bond donors (Lipinski definition) is 1. The summed E-state index contributed by atoms with van der Waals surface area (Å²) in [5.74, 6) is 0.973. The van der Waals surface area contributed by atoms with E-state index in [1.807, 2.05) is 6.07 Å². The number of aliphatic imine (C=N–C) groups is 1. The molecule has 5 heteroatoms. The molecule has 1 aromatic heterocycles. The number of amidine groups is 1. The normalized spacial score (nSPS) is 12.2. The zero-order valence-electron chi connectivity index (χ0n) is 8.67. The molecule has 0 unspecified atom stereocenters. The standard InChI is InChI=1S/C10H13Br2N3/c1-6(2)4-15-10(13)9-8(12)3-7(11)5-14-9/h3,5-6H,4H2,1-2H3,(H2,13,15). The van der Waals surface area contributed by atoms with Crippen LogP contribution in [0.3, 0.4) is 0 Å². The summed E-state index contributed by atoms with van der Waals surface area (Å²) in [6.45, 7) is 4.91. The van der Waals surface area contributed by atoms with Gasteiger partial charge in [-0.25, -0.2) is 0 Å². The molecule has 0 saturated heterocycles. The number of nitrogens with two attached hydrogens (primary N) is 1. The first-order valence-corrected chi connectivity index (χ1v) is 6.20. The van der Waals surface area contributed by atoms with Crippen LogP contribution in [0.15, 0.2) is 26.2 Å². The van der Waals surface area contributed by atoms with Crippen molar-refractivity contribution in [3.63, 3.8) is 0 Å². The highest BCUT2D eigenvalue weighted by atomic mass is 79.9. The maximum atomic E-state index is 5.84. The van der Waals surface area contributed by atoms with E-state index in [1.165, 1.54) is 0 Å². The third-order valence-electron chi connectivity index (χ3n) is 1.68. The summed E-state index contributed by atoms with van der Waals surface area (Å²) in [6, 6.07) is 1.90. The maximum Gasteiger partial charge on any atom is 0.145 e. The van der Waals surface area contributed by atoms with Gasteiger partial charge in [0.25, 0.3) is 0 Å². The van der Waals surface area contributed by atoms with Gasteiger partial charge in [0.1, 0.15) is 11.5 Å². The van der Waals surface area contributed by atoms with Crippen molar-refractivity contribution < 1.29 is 0 Å². The van der Waals surface area contributed by atoms with Crippen LogP contribution in [-0.4, -0.2) is 17.4 Å². The van der Waals surface area contributed by atoms with Crippen LogP contribution in [0.5, 0.6) is 0 Å². The van der Waals surface area contributed by atoms with E-state index in [1.54, 1.807) is 6.20 Å². The lowest BCUT2D eigenvalue weighted by molar-refractivity contribution is 0.665. The molecule has 3 nitrogen and oxygen atoms in total. The Kier molecular flexibility index (Phi) is 4.73. The second-order valence-corrected chi connectivity index (χ2v) is 5.37. The molecule has 0 aliphatic rings. The lowest BCUT2D eigenvalue weighted by Gasteiger charge is -2.04. The van der Waals surface area contributed by atoms with Gasteiger partial charge >= 0.3 is 0 Å². The summed E-state index contributed by atoms with van der Waals surface area (Å²) in [6.07, 6.45) is 1.71.